The number of nitrogens with zero attached hydrogens (tertiary/aromatic N) is 1. The van der Waals surface area contributed by atoms with Crippen molar-refractivity contribution in [2.24, 2.45) is 0 Å². The lowest BCUT2D eigenvalue weighted by Gasteiger charge is -2.03. The van der Waals surface area contributed by atoms with Gasteiger partial charge in [-0.15, -0.1) is 0 Å². The van der Waals surface area contributed by atoms with E-state index < -0.39 is 0 Å². The molecule has 2 aromatic carbocycles. The summed E-state index contributed by atoms with van der Waals surface area (Å²) in [5, 5.41) is 3.93. The van der Waals surface area contributed by atoms with Crippen molar-refractivity contribution in [3.05, 3.63) is 47.0 Å². The summed E-state index contributed by atoms with van der Waals surface area (Å²) in [6.07, 6.45) is 0.207. The van der Waals surface area contributed by atoms with Gasteiger partial charge in [0.1, 0.15) is 0 Å². The number of aromatic nitrogens is 1. The molecule has 1 N–H and O–H groups in total. The maximum atomic E-state index is 12.2. The zero-order valence-electron chi connectivity index (χ0n) is 11.8. The first-order chi connectivity index (χ1) is 11.2. The Labute approximate surface area is 140 Å². The van der Waals surface area contributed by atoms with Gasteiger partial charge in [-0.05, 0) is 11.6 Å². The number of anilines is 1. The van der Waals surface area contributed by atoms with Gasteiger partial charge in [0.25, 0.3) is 0 Å². The summed E-state index contributed by atoms with van der Waals surface area (Å²) >= 11 is 7.47. The summed E-state index contributed by atoms with van der Waals surface area (Å²) in [5.74, 6) is 1.23. The topological polar surface area (TPSA) is 60.5 Å². The van der Waals surface area contributed by atoms with Gasteiger partial charge in [0, 0.05) is 17.2 Å². The number of hydrogen-bond acceptors (Lipinski definition) is 5. The van der Waals surface area contributed by atoms with E-state index in [0.29, 0.717) is 21.7 Å². The molecule has 0 atom stereocenters. The molecule has 0 saturated carbocycles. The van der Waals surface area contributed by atoms with E-state index in [-0.39, 0.29) is 19.1 Å². The van der Waals surface area contributed by atoms with Crippen LogP contribution < -0.4 is 14.8 Å². The molecular formula is C16H11ClN2O3S. The molecule has 7 heteroatoms. The molecule has 0 unspecified atom stereocenters. The maximum Gasteiger partial charge on any atom is 0.231 e. The van der Waals surface area contributed by atoms with Gasteiger partial charge in [-0.3, -0.25) is 4.79 Å². The molecule has 23 heavy (non-hydrogen) atoms. The van der Waals surface area contributed by atoms with Gasteiger partial charge >= 0.3 is 0 Å². The number of rotatable bonds is 3. The van der Waals surface area contributed by atoms with E-state index in [2.05, 4.69) is 10.3 Å². The third-order valence-corrected chi connectivity index (χ3v) is 4.74. The monoisotopic (exact) mass is 346 g/mol. The Hall–Kier alpha value is -2.31. The second-order valence-corrected chi connectivity index (χ2v) is 6.45. The summed E-state index contributed by atoms with van der Waals surface area (Å²) in [5.41, 5.74) is 1.56. The Kier molecular flexibility index (Phi) is 3.55. The minimum Gasteiger partial charge on any atom is -0.454 e. The third kappa shape index (κ3) is 2.83. The van der Waals surface area contributed by atoms with Crippen molar-refractivity contribution >= 4 is 44.2 Å². The molecule has 116 valence electrons. The molecule has 1 aromatic heterocycles. The zero-order valence-corrected chi connectivity index (χ0v) is 13.4. The van der Waals surface area contributed by atoms with Crippen molar-refractivity contribution in [1.29, 1.82) is 0 Å². The van der Waals surface area contributed by atoms with Crippen LogP contribution in [0.25, 0.3) is 10.2 Å². The van der Waals surface area contributed by atoms with Gasteiger partial charge in [0.15, 0.2) is 16.6 Å². The van der Waals surface area contributed by atoms with Crippen LogP contribution in [0.2, 0.25) is 5.02 Å². The Bertz CT molecular complexity index is 868. The van der Waals surface area contributed by atoms with Crippen molar-refractivity contribution in [1.82, 2.24) is 4.98 Å². The fraction of sp³-hybridized carbons (Fsp3) is 0.125. The Morgan fingerprint density at radius 3 is 2.87 bits per heavy atom. The Morgan fingerprint density at radius 1 is 1.26 bits per heavy atom. The second-order valence-electron chi connectivity index (χ2n) is 5.01. The molecule has 0 spiro atoms. The van der Waals surface area contributed by atoms with E-state index in [0.717, 1.165) is 15.8 Å². The van der Waals surface area contributed by atoms with Gasteiger partial charge in [-0.25, -0.2) is 4.98 Å². The van der Waals surface area contributed by atoms with Crippen molar-refractivity contribution in [3.63, 3.8) is 0 Å². The van der Waals surface area contributed by atoms with Crippen LogP contribution in [-0.2, 0) is 11.2 Å². The first-order valence-corrected chi connectivity index (χ1v) is 8.12. The number of benzene rings is 2. The molecule has 5 nitrogen and oxygen atoms in total. The lowest BCUT2D eigenvalue weighted by atomic mass is 10.1. The van der Waals surface area contributed by atoms with Crippen molar-refractivity contribution in [3.8, 4) is 11.5 Å². The van der Waals surface area contributed by atoms with E-state index >= 15 is 0 Å². The van der Waals surface area contributed by atoms with Crippen LogP contribution in [0.1, 0.15) is 5.56 Å². The van der Waals surface area contributed by atoms with Crippen LogP contribution in [0, 0.1) is 0 Å². The van der Waals surface area contributed by atoms with E-state index in [4.69, 9.17) is 21.1 Å². The number of thiazole rings is 1. The molecule has 0 fully saturated rings. The highest BCUT2D eigenvalue weighted by Crippen LogP contribution is 2.38. The normalized spacial score (nSPS) is 12.6. The lowest BCUT2D eigenvalue weighted by molar-refractivity contribution is -0.115. The zero-order chi connectivity index (χ0) is 15.8. The fourth-order valence-electron chi connectivity index (χ4n) is 2.35. The van der Waals surface area contributed by atoms with Crippen LogP contribution >= 0.6 is 22.9 Å². The fourth-order valence-corrected chi connectivity index (χ4v) is 3.44. The van der Waals surface area contributed by atoms with Crippen LogP contribution in [0.5, 0.6) is 11.5 Å². The van der Waals surface area contributed by atoms with E-state index in [1.165, 1.54) is 11.3 Å². The molecule has 0 radical (unpaired) electrons. The molecule has 4 rings (SSSR count). The summed E-state index contributed by atoms with van der Waals surface area (Å²) in [4.78, 5) is 16.6. The quantitative estimate of drug-likeness (QED) is 0.782. The highest BCUT2D eigenvalue weighted by atomic mass is 35.5. The van der Waals surface area contributed by atoms with E-state index in [9.17, 15) is 4.79 Å². The number of ether oxygens (including phenoxy) is 2. The summed E-state index contributed by atoms with van der Waals surface area (Å²) < 4.78 is 11.6. The van der Waals surface area contributed by atoms with E-state index in [1.807, 2.05) is 30.3 Å². The highest BCUT2D eigenvalue weighted by molar-refractivity contribution is 7.22. The predicted molar refractivity (Wildman–Crippen MR) is 89.5 cm³/mol. The predicted octanol–water partition coefficient (Wildman–Crippen LogP) is 3.86. The Morgan fingerprint density at radius 2 is 2.04 bits per heavy atom. The van der Waals surface area contributed by atoms with E-state index in [1.54, 1.807) is 6.07 Å². The maximum absolute atomic E-state index is 12.2. The number of carbonyl (C=O) groups is 1. The minimum absolute atomic E-state index is 0.155. The van der Waals surface area contributed by atoms with Crippen molar-refractivity contribution in [2.45, 2.75) is 6.42 Å². The molecule has 2 heterocycles. The number of amides is 1. The summed E-state index contributed by atoms with van der Waals surface area (Å²) in [7, 11) is 0. The van der Waals surface area contributed by atoms with Crippen LogP contribution in [0.15, 0.2) is 36.4 Å². The SMILES string of the molecule is O=C(Cc1ccccc1Cl)Nc1nc2cc3c(cc2s1)OCO3. The van der Waals surface area contributed by atoms with Crippen LogP contribution in [0.4, 0.5) is 5.13 Å². The average molecular weight is 347 g/mol. The summed E-state index contributed by atoms with van der Waals surface area (Å²) in [6, 6.07) is 11.0. The molecule has 0 saturated heterocycles. The van der Waals surface area contributed by atoms with Gasteiger partial charge in [-0.2, -0.15) is 0 Å². The summed E-state index contributed by atoms with van der Waals surface area (Å²) in [6.45, 7) is 0.230. The third-order valence-electron chi connectivity index (χ3n) is 3.44. The molecular weight excluding hydrogens is 336 g/mol. The molecule has 1 amide bonds. The number of hydrogen-bond donors (Lipinski definition) is 1. The standard InChI is InChI=1S/C16H11ClN2O3S/c17-10-4-2-1-3-9(10)5-15(20)19-16-18-11-6-12-13(22-8-21-12)7-14(11)23-16/h1-4,6-7H,5,8H2,(H,18,19,20). The largest absolute Gasteiger partial charge is 0.454 e. The van der Waals surface area contributed by atoms with Gasteiger partial charge in [0.05, 0.1) is 16.6 Å². The average Bonchev–Trinajstić information content (AvgIpc) is 3.12. The molecule has 1 aliphatic rings. The van der Waals surface area contributed by atoms with Gasteiger partial charge in [-0.1, -0.05) is 41.1 Å². The lowest BCUT2D eigenvalue weighted by Crippen LogP contribution is -2.14. The Balaban J connectivity index is 1.53. The number of nitrogens with one attached hydrogen (secondary N) is 1. The van der Waals surface area contributed by atoms with Crippen LogP contribution in [0.3, 0.4) is 0 Å². The first-order valence-electron chi connectivity index (χ1n) is 6.92. The number of fused-ring (bicyclic) bond motifs is 2. The number of carbonyl (C=O) groups excluding carboxylic acids is 1. The molecule has 0 bridgehead atoms. The minimum atomic E-state index is -0.155. The molecule has 1 aliphatic heterocycles. The van der Waals surface area contributed by atoms with Crippen molar-refractivity contribution < 1.29 is 14.3 Å². The second kappa shape index (κ2) is 5.72. The molecule has 3 aromatic rings. The number of halogens is 1. The van der Waals surface area contributed by atoms with Gasteiger partial charge < -0.3 is 14.8 Å². The van der Waals surface area contributed by atoms with Gasteiger partial charge in [0.2, 0.25) is 12.7 Å². The van der Waals surface area contributed by atoms with Crippen LogP contribution in [-0.4, -0.2) is 17.7 Å². The smallest absolute Gasteiger partial charge is 0.231 e. The van der Waals surface area contributed by atoms with Crippen molar-refractivity contribution in [2.75, 3.05) is 12.1 Å². The highest BCUT2D eigenvalue weighted by Gasteiger charge is 2.17. The molecule has 0 aliphatic carbocycles. The first kappa shape index (κ1) is 14.3.